The van der Waals surface area contributed by atoms with Crippen LogP contribution in [-0.2, 0) is 12.8 Å². The monoisotopic (exact) mass is 446 g/mol. The van der Waals surface area contributed by atoms with Crippen LogP contribution in [-0.4, -0.2) is 19.4 Å². The number of hydrogen-bond donors (Lipinski definition) is 0. The molecule has 0 aliphatic heterocycles. The Hall–Kier alpha value is -4.57. The van der Waals surface area contributed by atoms with E-state index in [0.717, 1.165) is 51.5 Å². The number of hydrogen-bond acceptors (Lipinski definition) is 3. The minimum absolute atomic E-state index is 0.901. The molecule has 4 nitrogen and oxygen atoms in total. The van der Waals surface area contributed by atoms with Crippen LogP contribution in [0.2, 0.25) is 0 Å². The van der Waals surface area contributed by atoms with Gasteiger partial charge >= 0.3 is 0 Å². The van der Waals surface area contributed by atoms with Gasteiger partial charge in [0.15, 0.2) is 0 Å². The molecule has 0 spiro atoms. The van der Waals surface area contributed by atoms with Gasteiger partial charge in [0.1, 0.15) is 16.7 Å². The fraction of sp³-hybridized carbons (Fsp3) is 0.0645. The average Bonchev–Trinajstić information content (AvgIpc) is 3.56. The second-order valence-corrected chi connectivity index (χ2v) is 9.72. The maximum atomic E-state index is 5.12. The van der Waals surface area contributed by atoms with E-state index >= 15 is 0 Å². The molecule has 9 rings (SSSR count). The van der Waals surface area contributed by atoms with E-state index in [1.165, 1.54) is 44.5 Å². The summed E-state index contributed by atoms with van der Waals surface area (Å²) < 4.78 is 2.27. The summed E-state index contributed by atoms with van der Waals surface area (Å²) in [5, 5.41) is 1.03. The van der Waals surface area contributed by atoms with Gasteiger partial charge in [0.05, 0.1) is 16.6 Å². The van der Waals surface area contributed by atoms with Crippen molar-refractivity contribution >= 4 is 38.6 Å². The summed E-state index contributed by atoms with van der Waals surface area (Å²) in [6.07, 6.45) is 5.67. The zero-order valence-electron chi connectivity index (χ0n) is 18.8. The van der Waals surface area contributed by atoms with Crippen molar-refractivity contribution in [1.82, 2.24) is 19.4 Å². The zero-order chi connectivity index (χ0) is 22.7. The maximum Gasteiger partial charge on any atom is 0.148 e. The van der Waals surface area contributed by atoms with E-state index in [4.69, 9.17) is 9.97 Å². The van der Waals surface area contributed by atoms with Crippen LogP contribution in [0.1, 0.15) is 22.3 Å². The molecular weight excluding hydrogens is 428 g/mol. The van der Waals surface area contributed by atoms with E-state index in [1.807, 2.05) is 24.5 Å². The molecule has 0 bridgehead atoms. The number of imidazole rings is 1. The second kappa shape index (κ2) is 6.10. The summed E-state index contributed by atoms with van der Waals surface area (Å²) in [6.45, 7) is 0. The lowest BCUT2D eigenvalue weighted by Gasteiger charge is -2.08. The zero-order valence-corrected chi connectivity index (χ0v) is 18.8. The van der Waals surface area contributed by atoms with Crippen molar-refractivity contribution in [3.8, 4) is 22.3 Å². The Bertz CT molecular complexity index is 2070. The molecule has 4 heterocycles. The number of pyridine rings is 3. The first-order valence-electron chi connectivity index (χ1n) is 12.0. The Kier molecular flexibility index (Phi) is 3.11. The maximum absolute atomic E-state index is 5.12. The van der Waals surface area contributed by atoms with Crippen LogP contribution in [0.5, 0.6) is 0 Å². The van der Waals surface area contributed by atoms with Crippen LogP contribution in [0, 0.1) is 0 Å². The molecule has 0 amide bonds. The third kappa shape index (κ3) is 2.20. The fourth-order valence-corrected chi connectivity index (χ4v) is 6.36. The molecule has 2 aliphatic carbocycles. The molecule has 0 fully saturated rings. The van der Waals surface area contributed by atoms with E-state index in [-0.39, 0.29) is 0 Å². The highest BCUT2D eigenvalue weighted by atomic mass is 15.0. The highest BCUT2D eigenvalue weighted by Crippen LogP contribution is 2.46. The number of rotatable bonds is 0. The van der Waals surface area contributed by atoms with Crippen LogP contribution < -0.4 is 0 Å². The lowest BCUT2D eigenvalue weighted by molar-refractivity contribution is 1.21. The molecular formula is C31H18N4. The van der Waals surface area contributed by atoms with E-state index in [9.17, 15) is 0 Å². The largest absolute Gasteiger partial charge is 0.290 e. The molecule has 2 aliphatic rings. The van der Waals surface area contributed by atoms with E-state index in [0.29, 0.717) is 0 Å². The first-order chi connectivity index (χ1) is 17.3. The molecule has 0 saturated heterocycles. The number of aromatic nitrogens is 4. The third-order valence-corrected chi connectivity index (χ3v) is 7.87. The first kappa shape index (κ1) is 17.8. The average molecular weight is 447 g/mol. The summed E-state index contributed by atoms with van der Waals surface area (Å²) >= 11 is 0. The Labute approximate surface area is 200 Å². The van der Waals surface area contributed by atoms with Crippen molar-refractivity contribution in [3.05, 3.63) is 107 Å². The van der Waals surface area contributed by atoms with Gasteiger partial charge in [-0.05, 0) is 99.8 Å². The van der Waals surface area contributed by atoms with Crippen LogP contribution in [0.4, 0.5) is 0 Å². The van der Waals surface area contributed by atoms with Crippen LogP contribution in [0.15, 0.2) is 85.2 Å². The van der Waals surface area contributed by atoms with Gasteiger partial charge in [-0.2, -0.15) is 0 Å². The molecule has 0 unspecified atom stereocenters. The van der Waals surface area contributed by atoms with E-state index in [1.54, 1.807) is 0 Å². The van der Waals surface area contributed by atoms with Gasteiger partial charge in [-0.15, -0.1) is 0 Å². The minimum atomic E-state index is 0.901. The molecule has 162 valence electrons. The SMILES string of the molecule is c1ccc2c(c1)Cc1cc3c(cc1-2)-c1cc2c(cc1C3)nc1c3cccnc3c3ncccc3n21. The van der Waals surface area contributed by atoms with Crippen molar-refractivity contribution in [2.75, 3.05) is 0 Å². The molecule has 4 heteroatoms. The number of fused-ring (bicyclic) bond motifs is 14. The fourth-order valence-electron chi connectivity index (χ4n) is 6.36. The molecule has 0 saturated carbocycles. The highest BCUT2D eigenvalue weighted by molar-refractivity contribution is 6.10. The smallest absolute Gasteiger partial charge is 0.148 e. The van der Waals surface area contributed by atoms with Crippen LogP contribution >= 0.6 is 0 Å². The van der Waals surface area contributed by atoms with Crippen LogP contribution in [0.25, 0.3) is 60.9 Å². The molecule has 35 heavy (non-hydrogen) atoms. The van der Waals surface area contributed by atoms with Gasteiger partial charge in [0.2, 0.25) is 0 Å². The lowest BCUT2D eigenvalue weighted by Crippen LogP contribution is -1.94. The molecule has 3 aromatic carbocycles. The summed E-state index contributed by atoms with van der Waals surface area (Å²) in [5.74, 6) is 0. The van der Waals surface area contributed by atoms with Crippen molar-refractivity contribution in [3.63, 3.8) is 0 Å². The normalized spacial score (nSPS) is 13.5. The van der Waals surface area contributed by atoms with Gasteiger partial charge in [0, 0.05) is 17.8 Å². The predicted molar refractivity (Wildman–Crippen MR) is 140 cm³/mol. The Balaban J connectivity index is 1.37. The van der Waals surface area contributed by atoms with E-state index < -0.39 is 0 Å². The third-order valence-electron chi connectivity index (χ3n) is 7.87. The quantitative estimate of drug-likeness (QED) is 0.243. The summed E-state index contributed by atoms with van der Waals surface area (Å²) in [5.41, 5.74) is 17.1. The first-order valence-corrected chi connectivity index (χ1v) is 12.0. The minimum Gasteiger partial charge on any atom is -0.290 e. The van der Waals surface area contributed by atoms with E-state index in [2.05, 4.69) is 70.0 Å². The molecule has 7 aromatic rings. The summed E-state index contributed by atoms with van der Waals surface area (Å²) in [6, 6.07) is 26.5. The predicted octanol–water partition coefficient (Wildman–Crippen LogP) is 6.73. The lowest BCUT2D eigenvalue weighted by atomic mass is 9.98. The van der Waals surface area contributed by atoms with Gasteiger partial charge in [0.25, 0.3) is 0 Å². The highest BCUT2D eigenvalue weighted by Gasteiger charge is 2.26. The standard InChI is InChI=1S/C31H18N4/c1-2-6-21-17(5-1)11-18-12-19-13-20-14-26-28(16-25(20)24(19)15-23(18)21)35-27-8-4-10-33-30(27)29-22(31(35)34-26)7-3-9-32-29/h1-10,12,14-16H,11,13H2. The number of benzene rings is 3. The Morgan fingerprint density at radius 2 is 1.31 bits per heavy atom. The van der Waals surface area contributed by atoms with Crippen LogP contribution in [0.3, 0.4) is 0 Å². The summed E-state index contributed by atoms with van der Waals surface area (Å²) in [7, 11) is 0. The van der Waals surface area contributed by atoms with Gasteiger partial charge in [-0.1, -0.05) is 30.3 Å². The Morgan fingerprint density at radius 1 is 0.571 bits per heavy atom. The number of nitrogens with zero attached hydrogens (tertiary/aromatic N) is 4. The topological polar surface area (TPSA) is 43.1 Å². The van der Waals surface area contributed by atoms with Crippen molar-refractivity contribution < 1.29 is 0 Å². The van der Waals surface area contributed by atoms with Crippen molar-refractivity contribution in [2.45, 2.75) is 12.8 Å². The van der Waals surface area contributed by atoms with Gasteiger partial charge < -0.3 is 0 Å². The summed E-state index contributed by atoms with van der Waals surface area (Å²) in [4.78, 5) is 14.5. The van der Waals surface area contributed by atoms with Crippen molar-refractivity contribution in [1.29, 1.82) is 0 Å². The molecule has 0 N–H and O–H groups in total. The molecule has 0 atom stereocenters. The van der Waals surface area contributed by atoms with Gasteiger partial charge in [-0.3, -0.25) is 14.4 Å². The Morgan fingerprint density at radius 3 is 2.26 bits per heavy atom. The second-order valence-electron chi connectivity index (χ2n) is 9.72. The molecule has 4 aromatic heterocycles. The van der Waals surface area contributed by atoms with Gasteiger partial charge in [-0.25, -0.2) is 4.98 Å². The van der Waals surface area contributed by atoms with Crippen molar-refractivity contribution in [2.24, 2.45) is 0 Å². The molecule has 0 radical (unpaired) electrons.